The van der Waals surface area contributed by atoms with Crippen molar-refractivity contribution in [3.8, 4) is 5.69 Å². The third-order valence-electron chi connectivity index (χ3n) is 5.31. The summed E-state index contributed by atoms with van der Waals surface area (Å²) in [4.78, 5) is 28.4. The highest BCUT2D eigenvalue weighted by Crippen LogP contribution is 2.26. The average Bonchev–Trinajstić information content (AvgIpc) is 3.09. The van der Waals surface area contributed by atoms with E-state index in [9.17, 15) is 14.7 Å². The van der Waals surface area contributed by atoms with Gasteiger partial charge in [-0.1, -0.05) is 17.3 Å². The number of fused-ring (bicyclic) bond motifs is 1. The lowest BCUT2D eigenvalue weighted by molar-refractivity contribution is -0.139. The molecule has 0 bridgehead atoms. The number of amides is 1. The van der Waals surface area contributed by atoms with Crippen molar-refractivity contribution in [2.45, 2.75) is 31.7 Å². The van der Waals surface area contributed by atoms with Gasteiger partial charge in [-0.25, -0.2) is 4.68 Å². The topological polar surface area (TPSA) is 119 Å². The first-order valence-electron chi connectivity index (χ1n) is 9.37. The SMILES string of the molecule is Cc1c(C(=O)NC2(CC(=O)O)CCOCC2)nnn1-c1cccc2cnccc12. The largest absolute Gasteiger partial charge is 0.481 e. The number of aromatic nitrogens is 4. The van der Waals surface area contributed by atoms with Crippen molar-refractivity contribution in [2.75, 3.05) is 13.2 Å². The van der Waals surface area contributed by atoms with Crippen molar-refractivity contribution in [2.24, 2.45) is 0 Å². The molecule has 3 aromatic rings. The van der Waals surface area contributed by atoms with Crippen molar-refractivity contribution in [3.05, 3.63) is 48.0 Å². The molecule has 0 saturated carbocycles. The van der Waals surface area contributed by atoms with Crippen LogP contribution in [0, 0.1) is 6.92 Å². The molecule has 1 saturated heterocycles. The van der Waals surface area contributed by atoms with Crippen LogP contribution in [0.5, 0.6) is 0 Å². The highest BCUT2D eigenvalue weighted by atomic mass is 16.5. The van der Waals surface area contributed by atoms with Crippen molar-refractivity contribution in [1.29, 1.82) is 0 Å². The van der Waals surface area contributed by atoms with Crippen molar-refractivity contribution < 1.29 is 19.4 Å². The molecule has 1 aromatic carbocycles. The van der Waals surface area contributed by atoms with Crippen molar-refractivity contribution in [3.63, 3.8) is 0 Å². The van der Waals surface area contributed by atoms with Gasteiger partial charge in [0.15, 0.2) is 5.69 Å². The van der Waals surface area contributed by atoms with Gasteiger partial charge in [0.1, 0.15) is 0 Å². The van der Waals surface area contributed by atoms with Gasteiger partial charge in [0.2, 0.25) is 0 Å². The Labute approximate surface area is 166 Å². The number of carbonyl (C=O) groups is 2. The normalized spacial score (nSPS) is 15.9. The molecule has 2 N–H and O–H groups in total. The first-order chi connectivity index (χ1) is 14.0. The second-order valence-corrected chi connectivity index (χ2v) is 7.23. The minimum absolute atomic E-state index is 0.161. The van der Waals surface area contributed by atoms with Gasteiger partial charge in [0.05, 0.1) is 23.3 Å². The lowest BCUT2D eigenvalue weighted by atomic mass is 9.86. The van der Waals surface area contributed by atoms with Gasteiger partial charge >= 0.3 is 5.97 Å². The minimum atomic E-state index is -0.961. The maximum atomic E-state index is 13.0. The van der Waals surface area contributed by atoms with E-state index in [4.69, 9.17) is 4.74 Å². The average molecular weight is 395 g/mol. The predicted octanol–water partition coefficient (Wildman–Crippen LogP) is 1.88. The number of hydrogen-bond donors (Lipinski definition) is 2. The number of rotatable bonds is 5. The third kappa shape index (κ3) is 3.68. The van der Waals surface area contributed by atoms with Gasteiger partial charge < -0.3 is 15.2 Å². The van der Waals surface area contributed by atoms with Crippen LogP contribution in [0.4, 0.5) is 0 Å². The number of carbonyl (C=O) groups excluding carboxylic acids is 1. The number of carboxylic acid groups (broad SMARTS) is 1. The summed E-state index contributed by atoms with van der Waals surface area (Å²) in [6, 6.07) is 7.63. The summed E-state index contributed by atoms with van der Waals surface area (Å²) in [5.74, 6) is -1.39. The number of carboxylic acids is 1. The van der Waals surface area contributed by atoms with Crippen LogP contribution in [0.3, 0.4) is 0 Å². The Kier molecular flexibility index (Phi) is 4.98. The Bertz CT molecular complexity index is 1070. The van der Waals surface area contributed by atoms with Crippen LogP contribution < -0.4 is 5.32 Å². The van der Waals surface area contributed by atoms with Crippen LogP contribution in [-0.2, 0) is 9.53 Å². The maximum Gasteiger partial charge on any atom is 0.305 e. The number of benzene rings is 1. The molecule has 0 unspecified atom stereocenters. The summed E-state index contributed by atoms with van der Waals surface area (Å²) in [5, 5.41) is 22.3. The Hall–Kier alpha value is -3.33. The quantitative estimate of drug-likeness (QED) is 0.677. The molecule has 150 valence electrons. The molecular weight excluding hydrogens is 374 g/mol. The van der Waals surface area contributed by atoms with Gasteiger partial charge in [0.25, 0.3) is 5.91 Å². The Morgan fingerprint density at radius 1 is 1.28 bits per heavy atom. The second-order valence-electron chi connectivity index (χ2n) is 7.23. The molecule has 3 heterocycles. The van der Waals surface area contributed by atoms with Gasteiger partial charge in [-0.05, 0) is 31.9 Å². The van der Waals surface area contributed by atoms with Crippen LogP contribution in [0.15, 0.2) is 36.7 Å². The molecule has 1 amide bonds. The number of ether oxygens (including phenoxy) is 1. The van der Waals surface area contributed by atoms with E-state index in [0.717, 1.165) is 16.5 Å². The van der Waals surface area contributed by atoms with Crippen molar-refractivity contribution in [1.82, 2.24) is 25.3 Å². The molecule has 29 heavy (non-hydrogen) atoms. The summed E-state index contributed by atoms with van der Waals surface area (Å²) >= 11 is 0. The summed E-state index contributed by atoms with van der Waals surface area (Å²) in [7, 11) is 0. The summed E-state index contributed by atoms with van der Waals surface area (Å²) in [6.45, 7) is 2.58. The van der Waals surface area contributed by atoms with Crippen LogP contribution in [0.2, 0.25) is 0 Å². The fourth-order valence-electron chi connectivity index (χ4n) is 3.76. The molecule has 9 heteroatoms. The van der Waals surface area contributed by atoms with Crippen LogP contribution in [-0.4, -0.2) is 55.7 Å². The number of nitrogens with one attached hydrogen (secondary N) is 1. The van der Waals surface area contributed by atoms with E-state index in [0.29, 0.717) is 31.7 Å². The Morgan fingerprint density at radius 3 is 2.83 bits per heavy atom. The summed E-state index contributed by atoms with van der Waals surface area (Å²) in [6.07, 6.45) is 4.18. The molecule has 1 aliphatic heterocycles. The third-order valence-corrected chi connectivity index (χ3v) is 5.31. The zero-order chi connectivity index (χ0) is 20.4. The first-order valence-corrected chi connectivity index (χ1v) is 9.37. The molecule has 1 fully saturated rings. The monoisotopic (exact) mass is 395 g/mol. The van der Waals surface area contributed by atoms with Gasteiger partial charge in [-0.15, -0.1) is 5.10 Å². The van der Waals surface area contributed by atoms with E-state index >= 15 is 0 Å². The predicted molar refractivity (Wildman–Crippen MR) is 104 cm³/mol. The van der Waals surface area contributed by atoms with Crippen LogP contribution in [0.25, 0.3) is 16.5 Å². The standard InChI is InChI=1S/C20H21N5O4/c1-13-18(19(28)22-20(11-17(26)27)6-9-29-10-7-20)23-24-25(13)16-4-2-3-14-12-21-8-5-15(14)16/h2-5,8,12H,6-7,9-11H2,1H3,(H,22,28)(H,26,27). The molecular formula is C20H21N5O4. The lowest BCUT2D eigenvalue weighted by Gasteiger charge is -2.36. The molecule has 2 aromatic heterocycles. The van der Waals surface area contributed by atoms with E-state index in [1.165, 1.54) is 0 Å². The van der Waals surface area contributed by atoms with E-state index in [-0.39, 0.29) is 12.1 Å². The summed E-state index contributed by atoms with van der Waals surface area (Å²) < 4.78 is 6.95. The van der Waals surface area contributed by atoms with E-state index < -0.39 is 17.4 Å². The summed E-state index contributed by atoms with van der Waals surface area (Å²) in [5.41, 5.74) is 0.694. The zero-order valence-electron chi connectivity index (χ0n) is 16.0. The number of aliphatic carboxylic acids is 1. The maximum absolute atomic E-state index is 13.0. The smallest absolute Gasteiger partial charge is 0.305 e. The highest BCUT2D eigenvalue weighted by molar-refractivity contribution is 5.95. The van der Waals surface area contributed by atoms with Crippen LogP contribution in [0.1, 0.15) is 35.4 Å². The molecule has 9 nitrogen and oxygen atoms in total. The Morgan fingerprint density at radius 2 is 2.07 bits per heavy atom. The molecule has 1 aliphatic rings. The van der Waals surface area contributed by atoms with Crippen LogP contribution >= 0.6 is 0 Å². The number of nitrogens with zero attached hydrogens (tertiary/aromatic N) is 4. The van der Waals surface area contributed by atoms with Gasteiger partial charge in [-0.3, -0.25) is 14.6 Å². The molecule has 0 aliphatic carbocycles. The highest BCUT2D eigenvalue weighted by Gasteiger charge is 2.37. The molecule has 4 rings (SSSR count). The minimum Gasteiger partial charge on any atom is -0.481 e. The van der Waals surface area contributed by atoms with Gasteiger partial charge in [0, 0.05) is 36.4 Å². The van der Waals surface area contributed by atoms with Gasteiger partial charge in [-0.2, -0.15) is 0 Å². The fourth-order valence-corrected chi connectivity index (χ4v) is 3.76. The fraction of sp³-hybridized carbons (Fsp3) is 0.350. The van der Waals surface area contributed by atoms with Crippen molar-refractivity contribution >= 4 is 22.6 Å². The molecule has 0 radical (unpaired) electrons. The molecule has 0 atom stereocenters. The number of hydrogen-bond acceptors (Lipinski definition) is 6. The second kappa shape index (κ2) is 7.59. The lowest BCUT2D eigenvalue weighted by Crippen LogP contribution is -2.53. The number of pyridine rings is 1. The van der Waals surface area contributed by atoms with E-state index in [1.807, 2.05) is 24.3 Å². The Balaban J connectivity index is 1.66. The van der Waals surface area contributed by atoms with E-state index in [1.54, 1.807) is 24.0 Å². The van der Waals surface area contributed by atoms with E-state index in [2.05, 4.69) is 20.6 Å². The first kappa shape index (κ1) is 19.0. The zero-order valence-corrected chi connectivity index (χ0v) is 16.0. The molecule has 0 spiro atoms.